The van der Waals surface area contributed by atoms with Gasteiger partial charge in [-0.2, -0.15) is 0 Å². The summed E-state index contributed by atoms with van der Waals surface area (Å²) in [6.07, 6.45) is 3.35. The second-order valence-electron chi connectivity index (χ2n) is 2.82. The number of carbonyl (C=O) groups is 1. The maximum atomic E-state index is 10.1. The molecule has 0 saturated heterocycles. The SMILES string of the molecule is O=C(O)CONC(=S)NCc1ccncc1. The number of carboxylic acids is 1. The van der Waals surface area contributed by atoms with E-state index in [4.69, 9.17) is 17.3 Å². The lowest BCUT2D eigenvalue weighted by atomic mass is 10.3. The Kier molecular flexibility index (Phi) is 5.17. The molecule has 0 bridgehead atoms. The van der Waals surface area contributed by atoms with E-state index < -0.39 is 12.6 Å². The molecule has 0 aromatic carbocycles. The summed E-state index contributed by atoms with van der Waals surface area (Å²) in [7, 11) is 0. The van der Waals surface area contributed by atoms with Crippen LogP contribution in [0.15, 0.2) is 24.5 Å². The molecular weight excluding hydrogens is 230 g/mol. The number of carboxylic acid groups (broad SMARTS) is 1. The molecule has 0 atom stereocenters. The summed E-state index contributed by atoms with van der Waals surface area (Å²) in [4.78, 5) is 18.6. The number of hydroxylamine groups is 1. The molecule has 0 unspecified atom stereocenters. The molecule has 86 valence electrons. The van der Waals surface area contributed by atoms with Crippen molar-refractivity contribution in [2.45, 2.75) is 6.54 Å². The predicted molar refractivity (Wildman–Crippen MR) is 60.4 cm³/mol. The lowest BCUT2D eigenvalue weighted by Gasteiger charge is -2.08. The molecule has 0 saturated carbocycles. The van der Waals surface area contributed by atoms with Gasteiger partial charge in [0.05, 0.1) is 0 Å². The van der Waals surface area contributed by atoms with E-state index >= 15 is 0 Å². The average molecular weight is 241 g/mol. The molecule has 3 N–H and O–H groups in total. The van der Waals surface area contributed by atoms with Crippen LogP contribution in [0.1, 0.15) is 5.56 Å². The molecule has 0 spiro atoms. The van der Waals surface area contributed by atoms with Crippen LogP contribution in [-0.4, -0.2) is 27.8 Å². The summed E-state index contributed by atoms with van der Waals surface area (Å²) >= 11 is 4.85. The molecule has 1 aromatic rings. The highest BCUT2D eigenvalue weighted by molar-refractivity contribution is 7.80. The van der Waals surface area contributed by atoms with E-state index in [1.54, 1.807) is 12.4 Å². The molecule has 0 amide bonds. The molecule has 0 fully saturated rings. The smallest absolute Gasteiger partial charge is 0.332 e. The van der Waals surface area contributed by atoms with Crippen LogP contribution in [-0.2, 0) is 16.2 Å². The second kappa shape index (κ2) is 6.70. The van der Waals surface area contributed by atoms with Crippen LogP contribution in [0.3, 0.4) is 0 Å². The lowest BCUT2D eigenvalue weighted by Crippen LogP contribution is -2.35. The lowest BCUT2D eigenvalue weighted by molar-refractivity contribution is -0.143. The second-order valence-corrected chi connectivity index (χ2v) is 3.23. The number of hydrogen-bond acceptors (Lipinski definition) is 4. The van der Waals surface area contributed by atoms with Gasteiger partial charge < -0.3 is 10.4 Å². The Morgan fingerprint density at radius 3 is 2.81 bits per heavy atom. The first-order valence-corrected chi connectivity index (χ1v) is 4.85. The van der Waals surface area contributed by atoms with Crippen molar-refractivity contribution >= 4 is 23.3 Å². The summed E-state index contributed by atoms with van der Waals surface area (Å²) in [6, 6.07) is 3.68. The predicted octanol–water partition coefficient (Wildman–Crippen LogP) is 0.0619. The number of pyridine rings is 1. The molecule has 0 aliphatic rings. The van der Waals surface area contributed by atoms with Gasteiger partial charge in [0.15, 0.2) is 11.7 Å². The van der Waals surface area contributed by atoms with E-state index in [1.165, 1.54) is 0 Å². The van der Waals surface area contributed by atoms with E-state index in [2.05, 4.69) is 20.6 Å². The summed E-state index contributed by atoms with van der Waals surface area (Å²) in [5, 5.41) is 11.4. The molecule has 1 aromatic heterocycles. The van der Waals surface area contributed by atoms with E-state index in [1.807, 2.05) is 12.1 Å². The van der Waals surface area contributed by atoms with E-state index in [0.717, 1.165) is 5.56 Å². The van der Waals surface area contributed by atoms with Crippen LogP contribution in [0, 0.1) is 0 Å². The number of aromatic nitrogens is 1. The fraction of sp³-hybridized carbons (Fsp3) is 0.222. The highest BCUT2D eigenvalue weighted by Gasteiger charge is 1.99. The van der Waals surface area contributed by atoms with Gasteiger partial charge in [-0.05, 0) is 29.9 Å². The van der Waals surface area contributed by atoms with Crippen molar-refractivity contribution in [3.8, 4) is 0 Å². The maximum Gasteiger partial charge on any atom is 0.332 e. The minimum absolute atomic E-state index is 0.234. The van der Waals surface area contributed by atoms with Crippen molar-refractivity contribution in [1.29, 1.82) is 0 Å². The van der Waals surface area contributed by atoms with Crippen LogP contribution < -0.4 is 10.8 Å². The van der Waals surface area contributed by atoms with E-state index in [-0.39, 0.29) is 5.11 Å². The van der Waals surface area contributed by atoms with Crippen molar-refractivity contribution < 1.29 is 14.7 Å². The summed E-state index contributed by atoms with van der Waals surface area (Å²) in [6.45, 7) is 0.0713. The number of thiocarbonyl (C=S) groups is 1. The average Bonchev–Trinajstić information content (AvgIpc) is 2.27. The number of nitrogens with zero attached hydrogens (tertiary/aromatic N) is 1. The first kappa shape index (κ1) is 12.3. The Balaban J connectivity index is 2.18. The quantitative estimate of drug-likeness (QED) is 0.496. The third-order valence-electron chi connectivity index (χ3n) is 1.56. The maximum absolute atomic E-state index is 10.1. The minimum Gasteiger partial charge on any atom is -0.479 e. The van der Waals surface area contributed by atoms with Gasteiger partial charge in [-0.25, -0.2) is 10.3 Å². The van der Waals surface area contributed by atoms with Crippen LogP contribution in [0.5, 0.6) is 0 Å². The highest BCUT2D eigenvalue weighted by atomic mass is 32.1. The normalized spacial score (nSPS) is 9.50. The fourth-order valence-corrected chi connectivity index (χ4v) is 1.01. The van der Waals surface area contributed by atoms with E-state index in [0.29, 0.717) is 6.54 Å². The Morgan fingerprint density at radius 2 is 2.19 bits per heavy atom. The first-order chi connectivity index (χ1) is 7.68. The number of aliphatic carboxylic acids is 1. The standard InChI is InChI=1S/C9H11N3O3S/c13-8(14)6-15-12-9(16)11-5-7-1-3-10-4-2-7/h1-4H,5-6H2,(H,13,14)(H2,11,12,16). The number of rotatable bonds is 5. The van der Waals surface area contributed by atoms with E-state index in [9.17, 15) is 4.79 Å². The van der Waals surface area contributed by atoms with Crippen molar-refractivity contribution in [3.05, 3.63) is 30.1 Å². The third kappa shape index (κ3) is 5.23. The summed E-state index contributed by atoms with van der Waals surface area (Å²) in [5.74, 6) is -1.07. The zero-order chi connectivity index (χ0) is 11.8. The van der Waals surface area contributed by atoms with Crippen molar-refractivity contribution in [2.24, 2.45) is 0 Å². The highest BCUT2D eigenvalue weighted by Crippen LogP contribution is 1.94. The summed E-state index contributed by atoms with van der Waals surface area (Å²) < 4.78 is 0. The topological polar surface area (TPSA) is 83.5 Å². The van der Waals surface area contributed by atoms with Crippen LogP contribution >= 0.6 is 12.2 Å². The fourth-order valence-electron chi connectivity index (χ4n) is 0.882. The number of hydrogen-bond donors (Lipinski definition) is 3. The van der Waals surface area contributed by atoms with Gasteiger partial charge in [-0.3, -0.25) is 9.82 Å². The molecule has 0 aliphatic carbocycles. The number of nitrogens with one attached hydrogen (secondary N) is 2. The Morgan fingerprint density at radius 1 is 1.50 bits per heavy atom. The minimum atomic E-state index is -1.07. The Hall–Kier alpha value is -1.73. The van der Waals surface area contributed by atoms with Crippen molar-refractivity contribution in [2.75, 3.05) is 6.61 Å². The third-order valence-corrected chi connectivity index (χ3v) is 1.79. The zero-order valence-corrected chi connectivity index (χ0v) is 9.16. The molecule has 0 radical (unpaired) electrons. The van der Waals surface area contributed by atoms with Gasteiger partial charge in [0, 0.05) is 18.9 Å². The van der Waals surface area contributed by atoms with Gasteiger partial charge in [0.2, 0.25) is 0 Å². The molecular formula is C9H11N3O3S. The molecule has 7 heteroatoms. The molecule has 6 nitrogen and oxygen atoms in total. The van der Waals surface area contributed by atoms with Crippen LogP contribution in [0.25, 0.3) is 0 Å². The molecule has 0 aliphatic heterocycles. The zero-order valence-electron chi connectivity index (χ0n) is 8.34. The Labute approximate surface area is 97.6 Å². The van der Waals surface area contributed by atoms with Gasteiger partial charge >= 0.3 is 5.97 Å². The van der Waals surface area contributed by atoms with Gasteiger partial charge in [0.25, 0.3) is 0 Å². The Bertz CT molecular complexity index is 358. The first-order valence-electron chi connectivity index (χ1n) is 4.45. The summed E-state index contributed by atoms with van der Waals surface area (Å²) in [5.41, 5.74) is 3.32. The largest absolute Gasteiger partial charge is 0.479 e. The molecule has 1 rings (SSSR count). The van der Waals surface area contributed by atoms with Crippen molar-refractivity contribution in [3.63, 3.8) is 0 Å². The van der Waals surface area contributed by atoms with Gasteiger partial charge in [-0.15, -0.1) is 0 Å². The van der Waals surface area contributed by atoms with Gasteiger partial charge in [-0.1, -0.05) is 0 Å². The molecule has 1 heterocycles. The van der Waals surface area contributed by atoms with Gasteiger partial charge in [0.1, 0.15) is 0 Å². The van der Waals surface area contributed by atoms with Crippen LogP contribution in [0.4, 0.5) is 0 Å². The van der Waals surface area contributed by atoms with Crippen LogP contribution in [0.2, 0.25) is 0 Å². The van der Waals surface area contributed by atoms with Crippen molar-refractivity contribution in [1.82, 2.24) is 15.8 Å². The molecule has 16 heavy (non-hydrogen) atoms. The monoisotopic (exact) mass is 241 g/mol.